The zero-order chi connectivity index (χ0) is 17.9. The van der Waals surface area contributed by atoms with E-state index in [1.807, 2.05) is 12.1 Å². The summed E-state index contributed by atoms with van der Waals surface area (Å²) in [5.41, 5.74) is 4.56. The molecule has 0 heterocycles. The van der Waals surface area contributed by atoms with Crippen molar-refractivity contribution in [3.05, 3.63) is 52.1 Å². The van der Waals surface area contributed by atoms with Crippen molar-refractivity contribution in [2.75, 3.05) is 14.2 Å². The van der Waals surface area contributed by atoms with Crippen molar-refractivity contribution in [3.8, 4) is 0 Å². The normalized spacial score (nSPS) is 27.9. The van der Waals surface area contributed by atoms with E-state index in [1.54, 1.807) is 12.1 Å². The second kappa shape index (κ2) is 5.07. The number of methoxy groups -OCH3 is 2. The number of carbonyl (C=O) groups excluding carboxylic acids is 2. The van der Waals surface area contributed by atoms with Gasteiger partial charge < -0.3 is 9.47 Å². The molecule has 0 saturated heterocycles. The molecule has 0 radical (unpaired) electrons. The van der Waals surface area contributed by atoms with Gasteiger partial charge in [-0.1, -0.05) is 43.2 Å². The van der Waals surface area contributed by atoms with Gasteiger partial charge in [-0.05, 0) is 31.1 Å². The van der Waals surface area contributed by atoms with Gasteiger partial charge in [0.2, 0.25) is 0 Å². The van der Waals surface area contributed by atoms with Gasteiger partial charge in [-0.15, -0.1) is 0 Å². The number of ether oxygens (including phenoxy) is 2. The minimum absolute atomic E-state index is 0.273. The average Bonchev–Trinajstić information content (AvgIpc) is 2.62. The molecule has 126 valence electrons. The first kappa shape index (κ1) is 16.5. The average molecular weight is 326 g/mol. The topological polar surface area (TPSA) is 52.6 Å². The highest BCUT2D eigenvalue weighted by Gasteiger charge is 2.70. The minimum Gasteiger partial charge on any atom is -0.466 e. The molecular formula is C20H22O4. The predicted molar refractivity (Wildman–Crippen MR) is 91.3 cm³/mol. The van der Waals surface area contributed by atoms with E-state index in [1.165, 1.54) is 25.4 Å². The summed E-state index contributed by atoms with van der Waals surface area (Å²) in [7, 11) is 2.75. The molecule has 0 saturated carbocycles. The lowest BCUT2D eigenvalue weighted by atomic mass is 9.35. The van der Waals surface area contributed by atoms with Crippen molar-refractivity contribution in [2.24, 2.45) is 10.8 Å². The second-order valence-corrected chi connectivity index (χ2v) is 6.78. The van der Waals surface area contributed by atoms with E-state index >= 15 is 0 Å². The highest BCUT2D eigenvalue weighted by atomic mass is 16.5. The first-order valence-electron chi connectivity index (χ1n) is 7.96. The third kappa shape index (κ3) is 1.58. The van der Waals surface area contributed by atoms with Gasteiger partial charge in [0, 0.05) is 10.8 Å². The van der Waals surface area contributed by atoms with Crippen molar-refractivity contribution in [3.63, 3.8) is 0 Å². The Hall–Kier alpha value is -2.36. The number of carbonyl (C=O) groups is 2. The number of hydrogen-bond acceptors (Lipinski definition) is 4. The van der Waals surface area contributed by atoms with Gasteiger partial charge in [-0.25, -0.2) is 9.59 Å². The highest BCUT2D eigenvalue weighted by molar-refractivity contribution is 6.11. The van der Waals surface area contributed by atoms with Crippen LogP contribution < -0.4 is 0 Å². The molecule has 2 unspecified atom stereocenters. The molecule has 0 spiro atoms. The van der Waals surface area contributed by atoms with Crippen LogP contribution in [0.5, 0.6) is 0 Å². The summed E-state index contributed by atoms with van der Waals surface area (Å²) in [6, 6.07) is 7.26. The molecule has 4 nitrogen and oxygen atoms in total. The van der Waals surface area contributed by atoms with Crippen LogP contribution in [0.1, 0.15) is 43.6 Å². The fraction of sp³-hybridized carbons (Fsp3) is 0.400. The Morgan fingerprint density at radius 2 is 1.42 bits per heavy atom. The lowest BCUT2D eigenvalue weighted by molar-refractivity contribution is -0.138. The largest absolute Gasteiger partial charge is 0.466 e. The number of hydrogen-bond donors (Lipinski definition) is 0. The van der Waals surface area contributed by atoms with Crippen molar-refractivity contribution >= 4 is 17.5 Å². The van der Waals surface area contributed by atoms with E-state index < -0.39 is 5.97 Å². The third-order valence-electron chi connectivity index (χ3n) is 6.30. The molecule has 0 N–H and O–H groups in total. The molecule has 2 atom stereocenters. The lowest BCUT2D eigenvalue weighted by Crippen LogP contribution is -2.60. The monoisotopic (exact) mass is 326 g/mol. The molecule has 0 fully saturated rings. The standard InChI is InChI=1S/C20H22O4/c1-11-12(2)20(4)16(18(22)24-6)15(19(11,20)3)13-9-7-8-10-14(13)17(21)23-5/h7-10H,1-6H3. The fourth-order valence-corrected chi connectivity index (χ4v) is 4.55. The number of benzene rings is 1. The summed E-state index contributed by atoms with van der Waals surface area (Å²) < 4.78 is 9.96. The summed E-state index contributed by atoms with van der Waals surface area (Å²) in [5.74, 6) is -0.742. The number of rotatable bonds is 3. The Balaban J connectivity index is 2.29. The molecule has 0 aromatic heterocycles. The van der Waals surface area contributed by atoms with E-state index in [0.29, 0.717) is 11.1 Å². The Morgan fingerprint density at radius 1 is 0.875 bits per heavy atom. The SMILES string of the molecule is COC(=O)C1=C(c2ccccc2C(=O)OC)C2(C)C(C)=C(C)C12C. The summed E-state index contributed by atoms with van der Waals surface area (Å²) >= 11 is 0. The van der Waals surface area contributed by atoms with Crippen molar-refractivity contribution < 1.29 is 19.1 Å². The molecule has 0 amide bonds. The second-order valence-electron chi connectivity index (χ2n) is 6.78. The van der Waals surface area contributed by atoms with Crippen LogP contribution in [0.15, 0.2) is 41.0 Å². The van der Waals surface area contributed by atoms with Crippen LogP contribution in [-0.4, -0.2) is 26.2 Å². The van der Waals surface area contributed by atoms with Crippen LogP contribution in [0.2, 0.25) is 0 Å². The predicted octanol–water partition coefficient (Wildman–Crippen LogP) is 3.78. The highest BCUT2D eigenvalue weighted by Crippen LogP contribution is 2.77. The zero-order valence-corrected chi connectivity index (χ0v) is 14.9. The minimum atomic E-state index is -0.405. The first-order chi connectivity index (χ1) is 11.3. The first-order valence-corrected chi connectivity index (χ1v) is 7.96. The van der Waals surface area contributed by atoms with E-state index in [0.717, 1.165) is 11.1 Å². The summed E-state index contributed by atoms with van der Waals surface area (Å²) in [5, 5.41) is 0. The maximum atomic E-state index is 12.5. The van der Waals surface area contributed by atoms with Gasteiger partial charge in [0.15, 0.2) is 0 Å². The fourth-order valence-electron chi connectivity index (χ4n) is 4.55. The van der Waals surface area contributed by atoms with Gasteiger partial charge in [0.05, 0.1) is 25.4 Å². The van der Waals surface area contributed by atoms with Crippen molar-refractivity contribution in [1.29, 1.82) is 0 Å². The molecule has 0 bridgehead atoms. The quantitative estimate of drug-likeness (QED) is 0.626. The zero-order valence-electron chi connectivity index (χ0n) is 14.9. The van der Waals surface area contributed by atoms with Crippen LogP contribution in [-0.2, 0) is 14.3 Å². The summed E-state index contributed by atoms with van der Waals surface area (Å²) in [6.45, 7) is 8.35. The van der Waals surface area contributed by atoms with Gasteiger partial charge >= 0.3 is 11.9 Å². The Labute approximate surface area is 142 Å². The van der Waals surface area contributed by atoms with Gasteiger partial charge in [-0.2, -0.15) is 0 Å². The third-order valence-corrected chi connectivity index (χ3v) is 6.30. The number of allylic oxidation sites excluding steroid dienone is 3. The molecular weight excluding hydrogens is 304 g/mol. The van der Waals surface area contributed by atoms with E-state index in [-0.39, 0.29) is 16.8 Å². The van der Waals surface area contributed by atoms with Gasteiger partial charge in [0.1, 0.15) is 0 Å². The Bertz CT molecular complexity index is 830. The van der Waals surface area contributed by atoms with Crippen LogP contribution in [0.3, 0.4) is 0 Å². The van der Waals surface area contributed by atoms with Gasteiger partial charge in [0.25, 0.3) is 0 Å². The maximum absolute atomic E-state index is 12.5. The van der Waals surface area contributed by atoms with Crippen LogP contribution >= 0.6 is 0 Å². The van der Waals surface area contributed by atoms with E-state index in [4.69, 9.17) is 9.47 Å². The number of esters is 2. The van der Waals surface area contributed by atoms with Crippen molar-refractivity contribution in [1.82, 2.24) is 0 Å². The van der Waals surface area contributed by atoms with Crippen LogP contribution in [0, 0.1) is 10.8 Å². The van der Waals surface area contributed by atoms with Gasteiger partial charge in [-0.3, -0.25) is 0 Å². The molecule has 24 heavy (non-hydrogen) atoms. The molecule has 3 rings (SSSR count). The molecule has 0 aliphatic heterocycles. The lowest BCUT2D eigenvalue weighted by Gasteiger charge is -2.67. The van der Waals surface area contributed by atoms with Crippen molar-refractivity contribution in [2.45, 2.75) is 27.7 Å². The maximum Gasteiger partial charge on any atom is 0.338 e. The molecule has 4 heteroatoms. The van der Waals surface area contributed by atoms with E-state index in [9.17, 15) is 9.59 Å². The van der Waals surface area contributed by atoms with E-state index in [2.05, 4.69) is 27.7 Å². The van der Waals surface area contributed by atoms with Crippen LogP contribution in [0.4, 0.5) is 0 Å². The molecule has 2 aliphatic rings. The molecule has 1 aromatic carbocycles. The molecule has 2 aliphatic carbocycles. The number of fused-ring (bicyclic) bond motifs is 1. The Kier molecular flexibility index (Phi) is 3.48. The van der Waals surface area contributed by atoms with Crippen LogP contribution in [0.25, 0.3) is 5.57 Å². The molecule has 1 aromatic rings. The smallest absolute Gasteiger partial charge is 0.338 e. The summed E-state index contributed by atoms with van der Waals surface area (Å²) in [4.78, 5) is 24.7. The Morgan fingerprint density at radius 3 is 2.00 bits per heavy atom. The summed E-state index contributed by atoms with van der Waals surface area (Å²) in [6.07, 6.45) is 0.